The Balaban J connectivity index is 1.86. The summed E-state index contributed by atoms with van der Waals surface area (Å²) in [4.78, 5) is 6.74. The predicted molar refractivity (Wildman–Crippen MR) is 81.3 cm³/mol. The van der Waals surface area contributed by atoms with E-state index in [1.165, 1.54) is 5.56 Å². The van der Waals surface area contributed by atoms with Crippen LogP contribution in [0.2, 0.25) is 0 Å². The lowest BCUT2D eigenvalue weighted by molar-refractivity contribution is 0.414. The van der Waals surface area contributed by atoms with Crippen molar-refractivity contribution in [3.05, 3.63) is 53.2 Å². The maximum absolute atomic E-state index is 9.22. The summed E-state index contributed by atoms with van der Waals surface area (Å²) in [5.41, 5.74) is 3.05. The Morgan fingerprint density at radius 3 is 2.81 bits per heavy atom. The van der Waals surface area contributed by atoms with Gasteiger partial charge in [-0.2, -0.15) is 5.26 Å². The predicted octanol–water partition coefficient (Wildman–Crippen LogP) is 2.91. The smallest absolute Gasteiger partial charge is 0.133 e. The summed E-state index contributed by atoms with van der Waals surface area (Å²) >= 11 is 0. The normalized spacial score (nSPS) is 13.4. The van der Waals surface area contributed by atoms with Crippen molar-refractivity contribution >= 4 is 5.82 Å². The quantitative estimate of drug-likeness (QED) is 0.866. The number of fused-ring (bicyclic) bond motifs is 1. The van der Waals surface area contributed by atoms with Gasteiger partial charge in [-0.1, -0.05) is 12.1 Å². The van der Waals surface area contributed by atoms with E-state index in [4.69, 9.17) is 4.74 Å². The highest BCUT2D eigenvalue weighted by molar-refractivity contribution is 5.56. The molecule has 106 valence electrons. The van der Waals surface area contributed by atoms with E-state index in [1.54, 1.807) is 19.4 Å². The summed E-state index contributed by atoms with van der Waals surface area (Å²) in [6.07, 6.45) is 3.72. The minimum atomic E-state index is 0.749. The Kier molecular flexibility index (Phi) is 3.74. The van der Waals surface area contributed by atoms with E-state index in [0.29, 0.717) is 0 Å². The fourth-order valence-corrected chi connectivity index (χ4v) is 2.76. The third-order valence-corrected chi connectivity index (χ3v) is 3.84. The number of hydrogen-bond donors (Lipinski definition) is 0. The lowest BCUT2D eigenvalue weighted by atomic mass is 10.0. The van der Waals surface area contributed by atoms with Crippen LogP contribution in [0, 0.1) is 11.3 Å². The molecule has 2 aromatic rings. The molecule has 2 heterocycles. The number of nitriles is 1. The van der Waals surface area contributed by atoms with Crippen LogP contribution in [0.15, 0.2) is 36.5 Å². The van der Waals surface area contributed by atoms with Crippen LogP contribution in [0.3, 0.4) is 0 Å². The van der Waals surface area contributed by atoms with Gasteiger partial charge in [-0.25, -0.2) is 4.98 Å². The molecule has 0 radical (unpaired) electrons. The summed E-state index contributed by atoms with van der Waals surface area (Å²) in [6.45, 7) is 1.78. The molecule has 0 bridgehead atoms. The molecule has 0 fully saturated rings. The molecule has 0 atom stereocenters. The van der Waals surface area contributed by atoms with Gasteiger partial charge in [-0.15, -0.1) is 0 Å². The molecule has 0 aliphatic carbocycles. The van der Waals surface area contributed by atoms with E-state index in [1.807, 2.05) is 12.1 Å². The van der Waals surface area contributed by atoms with Crippen molar-refractivity contribution in [2.75, 3.05) is 18.6 Å². The molecule has 0 saturated carbocycles. The molecule has 0 N–H and O–H groups in total. The van der Waals surface area contributed by atoms with E-state index in [0.717, 1.165) is 48.6 Å². The summed E-state index contributed by atoms with van der Waals surface area (Å²) < 4.78 is 5.18. The third-order valence-electron chi connectivity index (χ3n) is 3.84. The van der Waals surface area contributed by atoms with E-state index in [2.05, 4.69) is 28.1 Å². The van der Waals surface area contributed by atoms with Gasteiger partial charge in [0, 0.05) is 24.8 Å². The number of anilines is 1. The van der Waals surface area contributed by atoms with Gasteiger partial charge in [0.1, 0.15) is 11.6 Å². The zero-order chi connectivity index (χ0) is 14.7. The number of methoxy groups -OCH3 is 1. The maximum atomic E-state index is 9.22. The molecule has 3 rings (SSSR count). The second kappa shape index (κ2) is 5.84. The minimum absolute atomic E-state index is 0.749. The second-order valence-electron chi connectivity index (χ2n) is 5.15. The number of nitrogens with zero attached hydrogens (tertiary/aromatic N) is 3. The molecular formula is C17H17N3O. The number of pyridine rings is 1. The first kappa shape index (κ1) is 13.4. The zero-order valence-electron chi connectivity index (χ0n) is 12.0. The van der Waals surface area contributed by atoms with Crippen molar-refractivity contribution in [3.63, 3.8) is 0 Å². The molecule has 0 amide bonds. The number of rotatable bonds is 3. The molecule has 4 heteroatoms. The van der Waals surface area contributed by atoms with Gasteiger partial charge >= 0.3 is 0 Å². The fourth-order valence-electron chi connectivity index (χ4n) is 2.76. The molecule has 0 unspecified atom stereocenters. The van der Waals surface area contributed by atoms with Crippen LogP contribution in [0.25, 0.3) is 0 Å². The average molecular weight is 279 g/mol. The van der Waals surface area contributed by atoms with Crippen molar-refractivity contribution in [2.24, 2.45) is 0 Å². The van der Waals surface area contributed by atoms with Crippen molar-refractivity contribution in [1.29, 1.82) is 5.26 Å². The third kappa shape index (κ3) is 2.68. The first-order chi connectivity index (χ1) is 10.3. The largest absolute Gasteiger partial charge is 0.497 e. The van der Waals surface area contributed by atoms with Gasteiger partial charge in [0.2, 0.25) is 0 Å². The number of benzene rings is 1. The van der Waals surface area contributed by atoms with Crippen LogP contribution in [0.5, 0.6) is 5.75 Å². The van der Waals surface area contributed by atoms with Crippen LogP contribution in [0.1, 0.15) is 23.1 Å². The second-order valence-corrected chi connectivity index (χ2v) is 5.15. The van der Waals surface area contributed by atoms with E-state index in [-0.39, 0.29) is 0 Å². The van der Waals surface area contributed by atoms with Gasteiger partial charge in [0.15, 0.2) is 0 Å². The standard InChI is InChI=1S/C17H17N3O/c1-21-15-6-4-13(5-7-15)12-20-10-2-3-16-14(11-18)8-9-19-17(16)20/h4-9H,2-3,10,12H2,1H3. The number of ether oxygens (including phenoxy) is 1. The highest BCUT2D eigenvalue weighted by atomic mass is 16.5. The molecule has 1 aromatic carbocycles. The molecule has 0 spiro atoms. The average Bonchev–Trinajstić information content (AvgIpc) is 2.55. The highest BCUT2D eigenvalue weighted by Crippen LogP contribution is 2.28. The van der Waals surface area contributed by atoms with Crippen LogP contribution in [-0.2, 0) is 13.0 Å². The van der Waals surface area contributed by atoms with Gasteiger partial charge in [-0.3, -0.25) is 0 Å². The SMILES string of the molecule is COc1ccc(CN2CCCc3c(C#N)ccnc32)cc1. The van der Waals surface area contributed by atoms with Crippen molar-refractivity contribution in [2.45, 2.75) is 19.4 Å². The van der Waals surface area contributed by atoms with Gasteiger partial charge in [0.05, 0.1) is 18.7 Å². The fraction of sp³-hybridized carbons (Fsp3) is 0.294. The molecule has 1 aromatic heterocycles. The van der Waals surface area contributed by atoms with Crippen LogP contribution in [-0.4, -0.2) is 18.6 Å². The Morgan fingerprint density at radius 2 is 2.10 bits per heavy atom. The van der Waals surface area contributed by atoms with E-state index in [9.17, 15) is 5.26 Å². The Bertz CT molecular complexity index is 673. The van der Waals surface area contributed by atoms with Crippen molar-refractivity contribution < 1.29 is 4.74 Å². The zero-order valence-corrected chi connectivity index (χ0v) is 12.0. The monoisotopic (exact) mass is 279 g/mol. The lowest BCUT2D eigenvalue weighted by Crippen LogP contribution is -2.30. The van der Waals surface area contributed by atoms with Crippen molar-refractivity contribution in [1.82, 2.24) is 4.98 Å². The first-order valence-corrected chi connectivity index (χ1v) is 7.07. The lowest BCUT2D eigenvalue weighted by Gasteiger charge is -2.30. The Hall–Kier alpha value is -2.54. The van der Waals surface area contributed by atoms with Crippen LogP contribution in [0.4, 0.5) is 5.82 Å². The molecule has 1 aliphatic heterocycles. The number of hydrogen-bond acceptors (Lipinski definition) is 4. The van der Waals surface area contributed by atoms with Gasteiger partial charge in [-0.05, 0) is 36.6 Å². The molecule has 21 heavy (non-hydrogen) atoms. The Morgan fingerprint density at radius 1 is 1.29 bits per heavy atom. The summed E-state index contributed by atoms with van der Waals surface area (Å²) in [5, 5.41) is 9.22. The minimum Gasteiger partial charge on any atom is -0.497 e. The molecular weight excluding hydrogens is 262 g/mol. The van der Waals surface area contributed by atoms with Gasteiger partial charge < -0.3 is 9.64 Å². The summed E-state index contributed by atoms with van der Waals surface area (Å²) in [5.74, 6) is 1.82. The van der Waals surface area contributed by atoms with E-state index < -0.39 is 0 Å². The van der Waals surface area contributed by atoms with Crippen molar-refractivity contribution in [3.8, 4) is 11.8 Å². The number of aromatic nitrogens is 1. The maximum Gasteiger partial charge on any atom is 0.133 e. The molecule has 0 saturated heterocycles. The van der Waals surface area contributed by atoms with E-state index >= 15 is 0 Å². The highest BCUT2D eigenvalue weighted by Gasteiger charge is 2.20. The Labute approximate surface area is 124 Å². The van der Waals surface area contributed by atoms with Crippen LogP contribution >= 0.6 is 0 Å². The van der Waals surface area contributed by atoms with Crippen LogP contribution < -0.4 is 9.64 Å². The molecule has 1 aliphatic rings. The van der Waals surface area contributed by atoms with Gasteiger partial charge in [0.25, 0.3) is 0 Å². The first-order valence-electron chi connectivity index (χ1n) is 7.07. The summed E-state index contributed by atoms with van der Waals surface area (Å²) in [6, 6.07) is 12.2. The summed E-state index contributed by atoms with van der Waals surface area (Å²) in [7, 11) is 1.67. The molecule has 4 nitrogen and oxygen atoms in total. The topological polar surface area (TPSA) is 49.1 Å².